The number of nitrogens with zero attached hydrogens (tertiary/aromatic N) is 5. The summed E-state index contributed by atoms with van der Waals surface area (Å²) in [6.45, 7) is 14.2. The first-order valence-corrected chi connectivity index (χ1v) is 10.3. The summed E-state index contributed by atoms with van der Waals surface area (Å²) in [6, 6.07) is 8.83. The topological polar surface area (TPSA) is 28.1 Å². The van der Waals surface area contributed by atoms with Crippen molar-refractivity contribution in [2.24, 2.45) is 0 Å². The predicted molar refractivity (Wildman–Crippen MR) is 117 cm³/mol. The molecule has 1 aromatic carbocycles. The summed E-state index contributed by atoms with van der Waals surface area (Å²) in [5.74, 6) is 1.26. The third kappa shape index (κ3) is 2.93. The van der Waals surface area contributed by atoms with Gasteiger partial charge >= 0.3 is 0 Å². The SMILES string of the molecule is [C-]#[N+]c1c(C)c(CCCC)c(N2CC[C@H](N(C)C)C2)n2c1nc1ccccc12. The largest absolute Gasteiger partial charge is 0.356 e. The lowest BCUT2D eigenvalue weighted by molar-refractivity contribution is 0.315. The van der Waals surface area contributed by atoms with Crippen molar-refractivity contribution in [2.75, 3.05) is 32.1 Å². The fourth-order valence-corrected chi connectivity index (χ4v) is 4.49. The van der Waals surface area contributed by atoms with Gasteiger partial charge in [0.2, 0.25) is 5.69 Å². The minimum atomic E-state index is 0.560. The highest BCUT2D eigenvalue weighted by molar-refractivity contribution is 5.90. The number of pyridine rings is 1. The van der Waals surface area contributed by atoms with Crippen molar-refractivity contribution in [2.45, 2.75) is 45.6 Å². The number of hydrogen-bond donors (Lipinski definition) is 0. The Morgan fingerprint density at radius 3 is 2.75 bits per heavy atom. The van der Waals surface area contributed by atoms with E-state index in [1.165, 1.54) is 11.4 Å². The normalized spacial score (nSPS) is 17.1. The summed E-state index contributed by atoms with van der Waals surface area (Å²) in [7, 11) is 4.34. The second kappa shape index (κ2) is 7.44. The first-order valence-electron chi connectivity index (χ1n) is 10.3. The lowest BCUT2D eigenvalue weighted by atomic mass is 10.0. The third-order valence-corrected chi connectivity index (χ3v) is 6.15. The van der Waals surface area contributed by atoms with E-state index in [4.69, 9.17) is 11.6 Å². The summed E-state index contributed by atoms with van der Waals surface area (Å²) >= 11 is 0. The summed E-state index contributed by atoms with van der Waals surface area (Å²) in [4.78, 5) is 13.6. The Morgan fingerprint density at radius 2 is 2.07 bits per heavy atom. The molecule has 2 aromatic heterocycles. The van der Waals surface area contributed by atoms with Gasteiger partial charge in [-0.3, -0.25) is 4.40 Å². The van der Waals surface area contributed by atoms with Crippen LogP contribution in [-0.4, -0.2) is 47.5 Å². The molecule has 1 saturated heterocycles. The van der Waals surface area contributed by atoms with E-state index in [2.05, 4.69) is 59.1 Å². The quantitative estimate of drug-likeness (QED) is 0.598. The smallest absolute Gasteiger partial charge is 0.232 e. The summed E-state index contributed by atoms with van der Waals surface area (Å²) < 4.78 is 2.26. The number of fused-ring (bicyclic) bond motifs is 3. The van der Waals surface area contributed by atoms with Crippen molar-refractivity contribution in [1.29, 1.82) is 0 Å². The van der Waals surface area contributed by atoms with Crippen LogP contribution in [0.25, 0.3) is 21.5 Å². The first-order chi connectivity index (χ1) is 13.6. The Bertz CT molecular complexity index is 1060. The van der Waals surface area contributed by atoms with Crippen molar-refractivity contribution in [3.8, 4) is 0 Å². The number of anilines is 1. The predicted octanol–water partition coefficient (Wildman–Crippen LogP) is 4.83. The fraction of sp³-hybridized carbons (Fsp3) is 0.478. The van der Waals surface area contributed by atoms with Crippen LogP contribution in [0.5, 0.6) is 0 Å². The molecule has 1 aliphatic heterocycles. The van der Waals surface area contributed by atoms with Crippen molar-refractivity contribution in [3.05, 3.63) is 46.8 Å². The highest BCUT2D eigenvalue weighted by Crippen LogP contribution is 2.39. The average Bonchev–Trinajstić information content (AvgIpc) is 3.31. The van der Waals surface area contributed by atoms with Gasteiger partial charge in [0.1, 0.15) is 11.5 Å². The van der Waals surface area contributed by atoms with Crippen molar-refractivity contribution in [1.82, 2.24) is 14.3 Å². The van der Waals surface area contributed by atoms with Gasteiger partial charge in [0, 0.05) is 19.1 Å². The molecule has 0 amide bonds. The number of benzene rings is 1. The zero-order valence-electron chi connectivity index (χ0n) is 17.4. The van der Waals surface area contributed by atoms with E-state index < -0.39 is 0 Å². The molecule has 0 radical (unpaired) electrons. The van der Waals surface area contributed by atoms with E-state index in [1.54, 1.807) is 0 Å². The van der Waals surface area contributed by atoms with Gasteiger partial charge in [-0.1, -0.05) is 25.5 Å². The van der Waals surface area contributed by atoms with Crippen LogP contribution in [0.1, 0.15) is 37.3 Å². The Kier molecular flexibility index (Phi) is 4.99. The van der Waals surface area contributed by atoms with Gasteiger partial charge in [-0.25, -0.2) is 9.83 Å². The summed E-state index contributed by atoms with van der Waals surface area (Å²) in [5, 5.41) is 0. The standard InChI is InChI=1S/C23H29N5/c1-6-7-10-18-16(2)21(24-3)22-25-19-11-8-9-12-20(19)28(22)23(18)27-14-13-17(15-27)26(4)5/h8-9,11-12,17H,6-7,10,13-15H2,1-2,4-5H3/t17-/m0/s1. The van der Waals surface area contributed by atoms with Crippen LogP contribution in [0.3, 0.4) is 0 Å². The second-order valence-electron chi connectivity index (χ2n) is 8.10. The maximum atomic E-state index is 7.83. The molecule has 1 atom stereocenters. The molecule has 0 unspecified atom stereocenters. The van der Waals surface area contributed by atoms with E-state index in [-0.39, 0.29) is 0 Å². The monoisotopic (exact) mass is 375 g/mol. The fourth-order valence-electron chi connectivity index (χ4n) is 4.49. The van der Waals surface area contributed by atoms with Crippen molar-refractivity contribution in [3.63, 3.8) is 0 Å². The van der Waals surface area contributed by atoms with Crippen molar-refractivity contribution < 1.29 is 0 Å². The molecule has 0 N–H and O–H groups in total. The van der Waals surface area contributed by atoms with E-state index in [1.807, 2.05) is 12.1 Å². The maximum Gasteiger partial charge on any atom is 0.232 e. The molecule has 1 fully saturated rings. The number of rotatable bonds is 5. The number of unbranched alkanes of at least 4 members (excludes halogenated alkanes) is 1. The van der Waals surface area contributed by atoms with Gasteiger partial charge in [0.25, 0.3) is 0 Å². The van der Waals surface area contributed by atoms with E-state index >= 15 is 0 Å². The molecular formula is C23H29N5. The molecule has 1 aliphatic rings. The molecular weight excluding hydrogens is 346 g/mol. The minimum Gasteiger partial charge on any atom is -0.356 e. The molecule has 146 valence electrons. The third-order valence-electron chi connectivity index (χ3n) is 6.15. The Labute approximate surface area is 167 Å². The number of aromatic nitrogens is 2. The molecule has 5 nitrogen and oxygen atoms in total. The molecule has 4 rings (SSSR count). The minimum absolute atomic E-state index is 0.560. The Hall–Kier alpha value is -2.58. The lowest BCUT2D eigenvalue weighted by Gasteiger charge is -2.27. The van der Waals surface area contributed by atoms with E-state index in [0.717, 1.165) is 61.0 Å². The van der Waals surface area contributed by atoms with Gasteiger partial charge in [0.05, 0.1) is 17.6 Å². The van der Waals surface area contributed by atoms with Gasteiger partial charge < -0.3 is 9.80 Å². The molecule has 0 saturated carbocycles. The summed E-state index contributed by atoms with van der Waals surface area (Å²) in [5.41, 5.74) is 6.00. The maximum absolute atomic E-state index is 7.83. The number of likely N-dealkylation sites (N-methyl/N-ethyl adjacent to an activating group) is 1. The molecule has 0 bridgehead atoms. The number of para-hydroxylation sites is 2. The van der Waals surface area contributed by atoms with Gasteiger partial charge in [0.15, 0.2) is 0 Å². The van der Waals surface area contributed by atoms with Gasteiger partial charge in [-0.15, -0.1) is 0 Å². The van der Waals surface area contributed by atoms with E-state index in [0.29, 0.717) is 11.7 Å². The average molecular weight is 376 g/mol. The van der Waals surface area contributed by atoms with Crippen molar-refractivity contribution >= 4 is 28.2 Å². The molecule has 28 heavy (non-hydrogen) atoms. The van der Waals surface area contributed by atoms with E-state index in [9.17, 15) is 0 Å². The molecule has 0 aliphatic carbocycles. The first kappa shape index (κ1) is 18.8. The van der Waals surface area contributed by atoms with Crippen LogP contribution >= 0.6 is 0 Å². The van der Waals surface area contributed by atoms with Crippen LogP contribution in [0, 0.1) is 13.5 Å². The van der Waals surface area contributed by atoms with Crippen LogP contribution in [0.15, 0.2) is 24.3 Å². The van der Waals surface area contributed by atoms with Crippen LogP contribution in [-0.2, 0) is 6.42 Å². The van der Waals surface area contributed by atoms with Crippen LogP contribution in [0.2, 0.25) is 0 Å². The Morgan fingerprint density at radius 1 is 1.29 bits per heavy atom. The van der Waals surface area contributed by atoms with Crippen LogP contribution in [0.4, 0.5) is 11.5 Å². The Balaban J connectivity index is 2.03. The lowest BCUT2D eigenvalue weighted by Crippen LogP contribution is -2.32. The molecule has 0 spiro atoms. The van der Waals surface area contributed by atoms with Crippen LogP contribution < -0.4 is 4.90 Å². The zero-order valence-corrected chi connectivity index (χ0v) is 17.4. The molecule has 3 aromatic rings. The number of hydrogen-bond acceptors (Lipinski definition) is 3. The van der Waals surface area contributed by atoms with Gasteiger partial charge in [-0.2, -0.15) is 0 Å². The van der Waals surface area contributed by atoms with Gasteiger partial charge in [-0.05, 0) is 63.5 Å². The molecule has 3 heterocycles. The highest BCUT2D eigenvalue weighted by atomic mass is 15.3. The summed E-state index contributed by atoms with van der Waals surface area (Å²) in [6.07, 6.45) is 4.45. The highest BCUT2D eigenvalue weighted by Gasteiger charge is 2.30. The zero-order chi connectivity index (χ0) is 19.8. The number of imidazole rings is 1. The second-order valence-corrected chi connectivity index (χ2v) is 8.10. The molecule has 5 heteroatoms.